The third-order valence-electron chi connectivity index (χ3n) is 3.55. The van der Waals surface area contributed by atoms with Gasteiger partial charge in [-0.25, -0.2) is 0 Å². The summed E-state index contributed by atoms with van der Waals surface area (Å²) < 4.78 is 0. The van der Waals surface area contributed by atoms with Gasteiger partial charge in [0.15, 0.2) is 0 Å². The zero-order valence-electron chi connectivity index (χ0n) is 13.6. The van der Waals surface area contributed by atoms with Crippen molar-refractivity contribution in [2.45, 2.75) is 66.0 Å². The molecule has 0 aliphatic carbocycles. The lowest BCUT2D eigenvalue weighted by Gasteiger charge is -2.24. The number of nitrogens with zero attached hydrogens (tertiary/aromatic N) is 1. The summed E-state index contributed by atoms with van der Waals surface area (Å²) in [4.78, 5) is 25.8. The van der Waals surface area contributed by atoms with Gasteiger partial charge >= 0.3 is 0 Å². The van der Waals surface area contributed by atoms with Gasteiger partial charge in [-0.3, -0.25) is 9.59 Å². The number of nitrogens with two attached hydrogens (primary N) is 1. The van der Waals surface area contributed by atoms with Crippen LogP contribution in [0.3, 0.4) is 0 Å². The van der Waals surface area contributed by atoms with Gasteiger partial charge < -0.3 is 16.0 Å². The first-order valence-electron chi connectivity index (χ1n) is 7.68. The summed E-state index contributed by atoms with van der Waals surface area (Å²) in [6.45, 7) is 10.8. The molecule has 2 amide bonds. The highest BCUT2D eigenvalue weighted by molar-refractivity contribution is 5.88. The van der Waals surface area contributed by atoms with Crippen LogP contribution in [-0.2, 0) is 9.59 Å². The van der Waals surface area contributed by atoms with E-state index < -0.39 is 6.04 Å². The van der Waals surface area contributed by atoms with Crippen LogP contribution in [0.15, 0.2) is 0 Å². The Labute approximate surface area is 123 Å². The highest BCUT2D eigenvalue weighted by Crippen LogP contribution is 2.09. The van der Waals surface area contributed by atoms with Crippen molar-refractivity contribution in [3.8, 4) is 0 Å². The molecular formula is C15H31N3O2. The monoisotopic (exact) mass is 285 g/mol. The van der Waals surface area contributed by atoms with Gasteiger partial charge in [-0.2, -0.15) is 0 Å². The molecule has 0 aromatic carbocycles. The smallest absolute Gasteiger partial charge is 0.244 e. The second-order valence-corrected chi connectivity index (χ2v) is 5.55. The second-order valence-electron chi connectivity index (χ2n) is 5.55. The van der Waals surface area contributed by atoms with Crippen LogP contribution in [0.2, 0.25) is 0 Å². The van der Waals surface area contributed by atoms with Gasteiger partial charge in [-0.15, -0.1) is 0 Å². The van der Waals surface area contributed by atoms with Crippen LogP contribution in [0.25, 0.3) is 0 Å². The van der Waals surface area contributed by atoms with Gasteiger partial charge in [-0.05, 0) is 40.5 Å². The van der Waals surface area contributed by atoms with Gasteiger partial charge in [0, 0.05) is 25.0 Å². The third kappa shape index (κ3) is 6.89. The van der Waals surface area contributed by atoms with Crippen molar-refractivity contribution < 1.29 is 9.59 Å². The molecule has 3 N–H and O–H groups in total. The summed E-state index contributed by atoms with van der Waals surface area (Å²) in [5.74, 6) is -0.158. The molecule has 0 radical (unpaired) electrons. The Morgan fingerprint density at radius 2 is 1.65 bits per heavy atom. The first-order valence-corrected chi connectivity index (χ1v) is 7.68. The average Bonchev–Trinajstić information content (AvgIpc) is 2.39. The summed E-state index contributed by atoms with van der Waals surface area (Å²) in [6.07, 6.45) is 2.66. The Balaban J connectivity index is 4.20. The van der Waals surface area contributed by atoms with Crippen LogP contribution in [0.5, 0.6) is 0 Å². The van der Waals surface area contributed by atoms with Crippen molar-refractivity contribution >= 4 is 11.8 Å². The fraction of sp³-hybridized carbons (Fsp3) is 0.867. The van der Waals surface area contributed by atoms with Crippen LogP contribution >= 0.6 is 0 Å². The molecule has 0 saturated heterocycles. The molecule has 3 unspecified atom stereocenters. The lowest BCUT2D eigenvalue weighted by Crippen LogP contribution is -2.48. The minimum absolute atomic E-state index is 0.0221. The van der Waals surface area contributed by atoms with Gasteiger partial charge in [0.25, 0.3) is 0 Å². The van der Waals surface area contributed by atoms with E-state index >= 15 is 0 Å². The highest BCUT2D eigenvalue weighted by atomic mass is 16.2. The van der Waals surface area contributed by atoms with Crippen LogP contribution in [0.4, 0.5) is 0 Å². The number of nitrogens with one attached hydrogen (secondary N) is 1. The standard InChI is InChI=1S/C15H31N3O2/c1-6-18(7-2)15(20)13(5)17-14(19)11(3)9-8-10-12(4)16/h11-13H,6-10,16H2,1-5H3,(H,17,19). The molecule has 0 aromatic heterocycles. The van der Waals surface area contributed by atoms with Gasteiger partial charge in [0.05, 0.1) is 0 Å². The van der Waals surface area contributed by atoms with E-state index in [9.17, 15) is 9.59 Å². The lowest BCUT2D eigenvalue weighted by molar-refractivity contribution is -0.136. The van der Waals surface area contributed by atoms with E-state index in [1.54, 1.807) is 11.8 Å². The van der Waals surface area contributed by atoms with E-state index in [1.807, 2.05) is 27.7 Å². The maximum absolute atomic E-state index is 12.1. The van der Waals surface area contributed by atoms with Crippen molar-refractivity contribution in [1.29, 1.82) is 0 Å². The number of hydrogen-bond donors (Lipinski definition) is 2. The minimum atomic E-state index is -0.460. The SMILES string of the molecule is CCN(CC)C(=O)C(C)NC(=O)C(C)CCCC(C)N. The molecule has 0 rings (SSSR count). The summed E-state index contributed by atoms with van der Waals surface area (Å²) in [7, 11) is 0. The molecule has 3 atom stereocenters. The molecule has 0 fully saturated rings. The first kappa shape index (κ1) is 18.9. The predicted molar refractivity (Wildman–Crippen MR) is 82.2 cm³/mol. The molecule has 20 heavy (non-hydrogen) atoms. The Kier molecular flexibility index (Phi) is 9.21. The maximum atomic E-state index is 12.1. The molecule has 5 heteroatoms. The summed E-state index contributed by atoms with van der Waals surface area (Å²) in [5.41, 5.74) is 5.69. The maximum Gasteiger partial charge on any atom is 0.244 e. The van der Waals surface area contributed by atoms with Crippen molar-refractivity contribution in [3.05, 3.63) is 0 Å². The molecule has 0 aliphatic heterocycles. The molecule has 118 valence electrons. The average molecular weight is 285 g/mol. The van der Waals surface area contributed by atoms with E-state index in [0.717, 1.165) is 19.3 Å². The van der Waals surface area contributed by atoms with E-state index in [2.05, 4.69) is 5.32 Å². The Morgan fingerprint density at radius 3 is 2.10 bits per heavy atom. The fourth-order valence-corrected chi connectivity index (χ4v) is 2.10. The third-order valence-corrected chi connectivity index (χ3v) is 3.55. The van der Waals surface area contributed by atoms with Gasteiger partial charge in [-0.1, -0.05) is 13.3 Å². The largest absolute Gasteiger partial charge is 0.344 e. The molecule has 0 aliphatic rings. The Morgan fingerprint density at radius 1 is 1.10 bits per heavy atom. The molecule has 5 nitrogen and oxygen atoms in total. The molecule has 0 bridgehead atoms. The molecule has 0 aromatic rings. The van der Waals surface area contributed by atoms with Crippen LogP contribution in [0.1, 0.15) is 53.9 Å². The van der Waals surface area contributed by atoms with E-state index in [0.29, 0.717) is 13.1 Å². The molecule has 0 heterocycles. The van der Waals surface area contributed by atoms with Crippen molar-refractivity contribution in [3.63, 3.8) is 0 Å². The van der Waals surface area contributed by atoms with Crippen molar-refractivity contribution in [2.24, 2.45) is 11.7 Å². The van der Waals surface area contributed by atoms with Crippen molar-refractivity contribution in [1.82, 2.24) is 10.2 Å². The quantitative estimate of drug-likeness (QED) is 0.674. The Hall–Kier alpha value is -1.10. The van der Waals surface area contributed by atoms with Crippen LogP contribution in [-0.4, -0.2) is 41.9 Å². The molecular weight excluding hydrogens is 254 g/mol. The van der Waals surface area contributed by atoms with Crippen LogP contribution < -0.4 is 11.1 Å². The second kappa shape index (κ2) is 9.75. The lowest BCUT2D eigenvalue weighted by atomic mass is 10.0. The first-order chi connectivity index (χ1) is 9.33. The number of likely N-dealkylation sites (N-methyl/N-ethyl adjacent to an activating group) is 1. The van der Waals surface area contributed by atoms with Crippen LogP contribution in [0, 0.1) is 5.92 Å². The predicted octanol–water partition coefficient (Wildman–Crippen LogP) is 1.51. The fourth-order valence-electron chi connectivity index (χ4n) is 2.10. The zero-order valence-corrected chi connectivity index (χ0v) is 13.6. The van der Waals surface area contributed by atoms with Gasteiger partial charge in [0.2, 0.25) is 11.8 Å². The van der Waals surface area contributed by atoms with Gasteiger partial charge in [0.1, 0.15) is 6.04 Å². The number of rotatable bonds is 9. The summed E-state index contributed by atoms with van der Waals surface area (Å²) in [5, 5.41) is 2.81. The number of carbonyl (C=O) groups excluding carboxylic acids is 2. The van der Waals surface area contributed by atoms with Crippen molar-refractivity contribution in [2.75, 3.05) is 13.1 Å². The highest BCUT2D eigenvalue weighted by Gasteiger charge is 2.22. The summed E-state index contributed by atoms with van der Waals surface area (Å²) >= 11 is 0. The van der Waals surface area contributed by atoms with E-state index in [1.165, 1.54) is 0 Å². The minimum Gasteiger partial charge on any atom is -0.344 e. The number of hydrogen-bond acceptors (Lipinski definition) is 3. The van der Waals surface area contributed by atoms with E-state index in [4.69, 9.17) is 5.73 Å². The number of amides is 2. The Bertz CT molecular complexity index is 301. The normalized spacial score (nSPS) is 15.3. The molecule has 0 spiro atoms. The number of carbonyl (C=O) groups is 2. The zero-order chi connectivity index (χ0) is 15.7. The topological polar surface area (TPSA) is 75.4 Å². The molecule has 0 saturated carbocycles. The van der Waals surface area contributed by atoms with E-state index in [-0.39, 0.29) is 23.8 Å². The summed E-state index contributed by atoms with van der Waals surface area (Å²) in [6, 6.07) is -0.285.